The molecule has 0 unspecified atom stereocenters. The Bertz CT molecular complexity index is 968. The SMILES string of the molecule is CCCOc1ncccc1CNC(=O)[C@H]1CCn2c(cnc2-c2ccccc2)C1. The van der Waals surface area contributed by atoms with E-state index in [4.69, 9.17) is 4.74 Å². The van der Waals surface area contributed by atoms with Crippen molar-refractivity contribution in [3.05, 3.63) is 66.1 Å². The van der Waals surface area contributed by atoms with Gasteiger partial charge in [0.2, 0.25) is 11.8 Å². The highest BCUT2D eigenvalue weighted by atomic mass is 16.5. The van der Waals surface area contributed by atoms with Crippen molar-refractivity contribution in [2.75, 3.05) is 6.61 Å². The average Bonchev–Trinajstić information content (AvgIpc) is 3.20. The van der Waals surface area contributed by atoms with E-state index in [-0.39, 0.29) is 11.8 Å². The Morgan fingerprint density at radius 1 is 1.21 bits per heavy atom. The summed E-state index contributed by atoms with van der Waals surface area (Å²) in [4.78, 5) is 21.7. The Balaban J connectivity index is 1.39. The van der Waals surface area contributed by atoms with Gasteiger partial charge in [0.25, 0.3) is 0 Å². The lowest BCUT2D eigenvalue weighted by Gasteiger charge is -2.24. The first-order chi connectivity index (χ1) is 14.3. The fourth-order valence-corrected chi connectivity index (χ4v) is 3.72. The first kappa shape index (κ1) is 19.2. The van der Waals surface area contributed by atoms with E-state index in [1.165, 1.54) is 0 Å². The summed E-state index contributed by atoms with van der Waals surface area (Å²) in [5.41, 5.74) is 3.13. The number of carbonyl (C=O) groups excluding carboxylic acids is 1. The van der Waals surface area contributed by atoms with Gasteiger partial charge in [-0.1, -0.05) is 43.3 Å². The van der Waals surface area contributed by atoms with Crippen LogP contribution in [-0.2, 0) is 24.3 Å². The first-order valence-electron chi connectivity index (χ1n) is 10.2. The maximum Gasteiger partial charge on any atom is 0.223 e. The molecule has 0 radical (unpaired) electrons. The van der Waals surface area contributed by atoms with E-state index in [0.29, 0.717) is 25.5 Å². The van der Waals surface area contributed by atoms with Gasteiger partial charge in [-0.3, -0.25) is 4.79 Å². The molecule has 1 aromatic carbocycles. The van der Waals surface area contributed by atoms with E-state index >= 15 is 0 Å². The quantitative estimate of drug-likeness (QED) is 0.669. The van der Waals surface area contributed by atoms with Crippen LogP contribution in [-0.4, -0.2) is 27.0 Å². The summed E-state index contributed by atoms with van der Waals surface area (Å²) in [5.74, 6) is 1.61. The highest BCUT2D eigenvalue weighted by molar-refractivity contribution is 5.79. The second-order valence-electron chi connectivity index (χ2n) is 7.31. The molecule has 1 aliphatic heterocycles. The zero-order chi connectivity index (χ0) is 20.1. The van der Waals surface area contributed by atoms with Gasteiger partial charge in [-0.15, -0.1) is 0 Å². The van der Waals surface area contributed by atoms with Crippen molar-refractivity contribution in [1.29, 1.82) is 0 Å². The van der Waals surface area contributed by atoms with Crippen molar-refractivity contribution in [1.82, 2.24) is 19.9 Å². The summed E-state index contributed by atoms with van der Waals surface area (Å²) in [6.07, 6.45) is 6.05. The summed E-state index contributed by atoms with van der Waals surface area (Å²) in [5, 5.41) is 3.07. The number of rotatable bonds is 7. The average molecular weight is 390 g/mol. The van der Waals surface area contributed by atoms with Crippen molar-refractivity contribution in [2.24, 2.45) is 5.92 Å². The number of carbonyl (C=O) groups is 1. The third kappa shape index (κ3) is 4.31. The minimum absolute atomic E-state index is 0.0421. The lowest BCUT2D eigenvalue weighted by atomic mass is 9.95. The predicted octanol–water partition coefficient (Wildman–Crippen LogP) is 3.61. The van der Waals surface area contributed by atoms with Crippen LogP contribution in [0.5, 0.6) is 5.88 Å². The van der Waals surface area contributed by atoms with E-state index in [1.807, 2.05) is 36.5 Å². The fourth-order valence-electron chi connectivity index (χ4n) is 3.72. The molecule has 3 aromatic rings. The minimum Gasteiger partial charge on any atom is -0.477 e. The molecule has 6 nitrogen and oxygen atoms in total. The van der Waals surface area contributed by atoms with Crippen LogP contribution < -0.4 is 10.1 Å². The van der Waals surface area contributed by atoms with Gasteiger partial charge in [-0.2, -0.15) is 0 Å². The molecule has 6 heteroatoms. The molecule has 29 heavy (non-hydrogen) atoms. The Morgan fingerprint density at radius 2 is 2.07 bits per heavy atom. The summed E-state index contributed by atoms with van der Waals surface area (Å²) in [6.45, 7) is 3.90. The van der Waals surface area contributed by atoms with Crippen LogP contribution in [0.3, 0.4) is 0 Å². The maximum atomic E-state index is 12.8. The molecular formula is C23H26N4O2. The summed E-state index contributed by atoms with van der Waals surface area (Å²) in [7, 11) is 0. The number of nitrogens with one attached hydrogen (secondary N) is 1. The van der Waals surface area contributed by atoms with Gasteiger partial charge < -0.3 is 14.6 Å². The zero-order valence-electron chi connectivity index (χ0n) is 16.7. The molecule has 3 heterocycles. The first-order valence-corrected chi connectivity index (χ1v) is 10.2. The lowest BCUT2D eigenvalue weighted by molar-refractivity contribution is -0.125. The second kappa shape index (κ2) is 8.90. The molecule has 0 spiro atoms. The number of aromatic nitrogens is 3. The minimum atomic E-state index is -0.0421. The standard InChI is InChI=1S/C23H26N4O2/c1-2-13-29-23-19(9-6-11-24-23)15-26-22(28)18-10-12-27-20(14-18)16-25-21(27)17-7-4-3-5-8-17/h3-9,11,16,18H,2,10,12-15H2,1H3,(H,26,28)/t18-/m0/s1. The molecule has 1 N–H and O–H groups in total. The second-order valence-corrected chi connectivity index (χ2v) is 7.31. The highest BCUT2D eigenvalue weighted by Gasteiger charge is 2.27. The molecule has 2 aromatic heterocycles. The van der Waals surface area contributed by atoms with E-state index in [9.17, 15) is 4.79 Å². The molecule has 150 valence electrons. The normalized spacial score (nSPS) is 15.6. The van der Waals surface area contributed by atoms with Crippen molar-refractivity contribution in [3.63, 3.8) is 0 Å². The van der Waals surface area contributed by atoms with Crippen LogP contribution >= 0.6 is 0 Å². The van der Waals surface area contributed by atoms with Crippen molar-refractivity contribution in [3.8, 4) is 17.3 Å². The van der Waals surface area contributed by atoms with Crippen LogP contribution in [0.1, 0.15) is 31.0 Å². The summed E-state index contributed by atoms with van der Waals surface area (Å²) < 4.78 is 7.91. The number of nitrogens with zero attached hydrogens (tertiary/aromatic N) is 3. The lowest BCUT2D eigenvalue weighted by Crippen LogP contribution is -2.35. The Labute approximate surface area is 171 Å². The molecular weight excluding hydrogens is 364 g/mol. The van der Waals surface area contributed by atoms with Crippen molar-refractivity contribution < 1.29 is 9.53 Å². The smallest absolute Gasteiger partial charge is 0.223 e. The molecule has 0 aliphatic carbocycles. The zero-order valence-corrected chi connectivity index (χ0v) is 16.7. The monoisotopic (exact) mass is 390 g/mol. The molecule has 4 rings (SSSR count). The molecule has 1 atom stereocenters. The maximum absolute atomic E-state index is 12.8. The number of imidazole rings is 1. The largest absolute Gasteiger partial charge is 0.477 e. The molecule has 0 bridgehead atoms. The van der Waals surface area contributed by atoms with Crippen LogP contribution in [0.25, 0.3) is 11.4 Å². The number of hydrogen-bond acceptors (Lipinski definition) is 4. The third-order valence-corrected chi connectivity index (χ3v) is 5.24. The van der Waals surface area contributed by atoms with Gasteiger partial charge in [0.1, 0.15) is 5.82 Å². The number of fused-ring (bicyclic) bond motifs is 1. The summed E-state index contributed by atoms with van der Waals surface area (Å²) >= 11 is 0. The van der Waals surface area contributed by atoms with E-state index in [1.54, 1.807) is 6.20 Å². The van der Waals surface area contributed by atoms with Crippen LogP contribution in [0.2, 0.25) is 0 Å². The van der Waals surface area contributed by atoms with Crippen molar-refractivity contribution >= 4 is 5.91 Å². The van der Waals surface area contributed by atoms with Gasteiger partial charge in [0.15, 0.2) is 0 Å². The number of amides is 1. The number of pyridine rings is 1. The molecule has 1 aliphatic rings. The summed E-state index contributed by atoms with van der Waals surface area (Å²) in [6, 6.07) is 14.0. The number of benzene rings is 1. The van der Waals surface area contributed by atoms with E-state index in [0.717, 1.165) is 42.0 Å². The van der Waals surface area contributed by atoms with Crippen LogP contribution in [0, 0.1) is 5.92 Å². The fraction of sp³-hybridized carbons (Fsp3) is 0.348. The van der Waals surface area contributed by atoms with Crippen LogP contribution in [0.4, 0.5) is 0 Å². The van der Waals surface area contributed by atoms with Gasteiger partial charge in [0, 0.05) is 54.6 Å². The Morgan fingerprint density at radius 3 is 2.90 bits per heavy atom. The van der Waals surface area contributed by atoms with Gasteiger partial charge in [-0.05, 0) is 18.9 Å². The Kier molecular flexibility index (Phi) is 5.89. The van der Waals surface area contributed by atoms with E-state index < -0.39 is 0 Å². The van der Waals surface area contributed by atoms with Gasteiger partial charge >= 0.3 is 0 Å². The van der Waals surface area contributed by atoms with Gasteiger partial charge in [-0.25, -0.2) is 9.97 Å². The molecule has 0 fully saturated rings. The number of hydrogen-bond donors (Lipinski definition) is 1. The molecule has 0 saturated heterocycles. The van der Waals surface area contributed by atoms with Crippen LogP contribution in [0.15, 0.2) is 54.9 Å². The Hall–Kier alpha value is -3.15. The third-order valence-electron chi connectivity index (χ3n) is 5.24. The predicted molar refractivity (Wildman–Crippen MR) is 111 cm³/mol. The van der Waals surface area contributed by atoms with Gasteiger partial charge in [0.05, 0.1) is 6.61 Å². The number of ether oxygens (including phenoxy) is 1. The molecule has 1 amide bonds. The van der Waals surface area contributed by atoms with Crippen molar-refractivity contribution in [2.45, 2.75) is 39.3 Å². The highest BCUT2D eigenvalue weighted by Crippen LogP contribution is 2.27. The topological polar surface area (TPSA) is 69.0 Å². The molecule has 0 saturated carbocycles. The van der Waals surface area contributed by atoms with E-state index in [2.05, 4.69) is 38.9 Å².